The van der Waals surface area contributed by atoms with Gasteiger partial charge in [0.15, 0.2) is 16.7 Å². The Labute approximate surface area is 212 Å². The third kappa shape index (κ3) is 3.99. The summed E-state index contributed by atoms with van der Waals surface area (Å²) in [5, 5.41) is 11.4. The molecule has 1 unspecified atom stereocenters. The molecule has 1 aliphatic heterocycles. The van der Waals surface area contributed by atoms with Crippen LogP contribution >= 0.6 is 11.3 Å². The number of hydrogen-bond donors (Lipinski definition) is 1. The lowest BCUT2D eigenvalue weighted by molar-refractivity contribution is -0.117. The minimum Gasteiger partial charge on any atom is -0.503 e. The number of carbonyl (C=O) groups excluding carboxylic acids is 2. The molecule has 182 valence electrons. The van der Waals surface area contributed by atoms with Gasteiger partial charge in [-0.05, 0) is 67.8 Å². The zero-order chi connectivity index (χ0) is 25.6. The smallest absolute Gasteiger partial charge is 0.296 e. The molecule has 1 amide bonds. The Balaban J connectivity index is 1.68. The van der Waals surface area contributed by atoms with Crippen LogP contribution in [0.3, 0.4) is 0 Å². The summed E-state index contributed by atoms with van der Waals surface area (Å²) < 4.78 is 12.2. The van der Waals surface area contributed by atoms with E-state index < -0.39 is 23.5 Å². The Kier molecular flexibility index (Phi) is 5.97. The summed E-state index contributed by atoms with van der Waals surface area (Å²) >= 11 is 1.34. The molecule has 0 spiro atoms. The number of thiazole rings is 1. The van der Waals surface area contributed by atoms with Crippen LogP contribution in [0.15, 0.2) is 76.9 Å². The second-order valence-electron chi connectivity index (χ2n) is 8.68. The Bertz CT molecular complexity index is 1560. The second kappa shape index (κ2) is 9.13. The van der Waals surface area contributed by atoms with Crippen LogP contribution < -0.4 is 9.64 Å². The van der Waals surface area contributed by atoms with E-state index in [9.17, 15) is 14.7 Å². The van der Waals surface area contributed by atoms with Crippen molar-refractivity contribution in [3.05, 3.63) is 101 Å². The van der Waals surface area contributed by atoms with Crippen LogP contribution in [0.1, 0.15) is 39.0 Å². The average Bonchev–Trinajstić information content (AvgIpc) is 3.54. The highest BCUT2D eigenvalue weighted by Crippen LogP contribution is 2.45. The van der Waals surface area contributed by atoms with Crippen molar-refractivity contribution in [2.45, 2.75) is 26.8 Å². The topological polar surface area (TPSA) is 92.9 Å². The first-order valence-electron chi connectivity index (χ1n) is 11.4. The Hall–Kier alpha value is -4.17. The summed E-state index contributed by atoms with van der Waals surface area (Å²) in [5.74, 6) is -0.743. The molecule has 8 heteroatoms. The van der Waals surface area contributed by atoms with Gasteiger partial charge in [-0.25, -0.2) is 4.98 Å². The van der Waals surface area contributed by atoms with Crippen LogP contribution in [0.5, 0.6) is 5.75 Å². The number of ketones is 1. The van der Waals surface area contributed by atoms with Crippen molar-refractivity contribution >= 4 is 38.4 Å². The van der Waals surface area contributed by atoms with Crippen molar-refractivity contribution in [3.8, 4) is 5.75 Å². The van der Waals surface area contributed by atoms with E-state index in [1.807, 2.05) is 26.0 Å². The third-order valence-electron chi connectivity index (χ3n) is 5.98. The lowest BCUT2D eigenvalue weighted by Gasteiger charge is -2.24. The van der Waals surface area contributed by atoms with E-state index in [4.69, 9.17) is 14.1 Å². The van der Waals surface area contributed by atoms with Gasteiger partial charge in [0, 0.05) is 0 Å². The standard InChI is InChI=1S/C28H24N2O5S/c1-5-11-34-19-8-6-7-18(14-19)24-22(25(31)20-10-9-17(4)35-20)26(32)27(33)30(24)28-29-23-16(3)12-15(2)13-21(23)36-28/h5-10,12-14,24,32H,1,11H2,2-4H3. The number of Topliss-reactive ketones (excluding diaryl/α,β-unsaturated/α-hetero) is 1. The number of nitrogens with zero attached hydrogens (tertiary/aromatic N) is 2. The number of rotatable bonds is 7. The number of amides is 1. The quantitative estimate of drug-likeness (QED) is 0.241. The number of furan rings is 1. The molecule has 4 aromatic rings. The van der Waals surface area contributed by atoms with E-state index in [1.54, 1.807) is 43.3 Å². The van der Waals surface area contributed by atoms with Crippen LogP contribution in [0.2, 0.25) is 0 Å². The molecule has 1 aliphatic rings. The van der Waals surface area contributed by atoms with E-state index in [-0.39, 0.29) is 11.3 Å². The Morgan fingerprint density at radius 2 is 2.03 bits per heavy atom. The van der Waals surface area contributed by atoms with Gasteiger partial charge in [0.2, 0.25) is 5.78 Å². The van der Waals surface area contributed by atoms with Crippen molar-refractivity contribution in [1.29, 1.82) is 0 Å². The molecule has 2 aromatic heterocycles. The monoisotopic (exact) mass is 500 g/mol. The molecule has 7 nitrogen and oxygen atoms in total. The van der Waals surface area contributed by atoms with Crippen LogP contribution in [-0.2, 0) is 4.79 Å². The molecule has 0 saturated heterocycles. The van der Waals surface area contributed by atoms with Gasteiger partial charge in [-0.2, -0.15) is 0 Å². The van der Waals surface area contributed by atoms with Crippen LogP contribution in [-0.4, -0.2) is 28.4 Å². The van der Waals surface area contributed by atoms with Gasteiger partial charge in [0.1, 0.15) is 18.1 Å². The van der Waals surface area contributed by atoms with Crippen molar-refractivity contribution in [2.24, 2.45) is 0 Å². The SMILES string of the molecule is C=CCOc1cccc(C2C(C(=O)c3ccc(C)o3)=C(O)C(=O)N2c2nc3c(C)cc(C)cc3s2)c1. The fraction of sp³-hybridized carbons (Fsp3) is 0.179. The highest BCUT2D eigenvalue weighted by molar-refractivity contribution is 7.22. The molecule has 36 heavy (non-hydrogen) atoms. The number of benzene rings is 2. The maximum absolute atomic E-state index is 13.6. The molecular weight excluding hydrogens is 476 g/mol. The van der Waals surface area contributed by atoms with Gasteiger partial charge < -0.3 is 14.3 Å². The van der Waals surface area contributed by atoms with Gasteiger partial charge in [-0.1, -0.05) is 42.2 Å². The predicted molar refractivity (Wildman–Crippen MR) is 139 cm³/mol. The summed E-state index contributed by atoms with van der Waals surface area (Å²) in [6.45, 7) is 9.66. The van der Waals surface area contributed by atoms with Crippen LogP contribution in [0, 0.1) is 20.8 Å². The first kappa shape index (κ1) is 23.6. The largest absolute Gasteiger partial charge is 0.503 e. The van der Waals surface area contributed by atoms with Crippen LogP contribution in [0.4, 0.5) is 5.13 Å². The molecule has 0 saturated carbocycles. The van der Waals surface area contributed by atoms with E-state index in [0.29, 0.717) is 28.8 Å². The molecule has 0 bridgehead atoms. The molecule has 2 aromatic carbocycles. The van der Waals surface area contributed by atoms with E-state index in [0.717, 1.165) is 21.3 Å². The minimum atomic E-state index is -0.926. The molecule has 5 rings (SSSR count). The highest BCUT2D eigenvalue weighted by atomic mass is 32.1. The summed E-state index contributed by atoms with van der Waals surface area (Å²) in [5.41, 5.74) is 3.36. The zero-order valence-electron chi connectivity index (χ0n) is 20.1. The summed E-state index contributed by atoms with van der Waals surface area (Å²) in [4.78, 5) is 33.2. The van der Waals surface area contributed by atoms with Gasteiger partial charge in [-0.3, -0.25) is 14.5 Å². The molecule has 0 aliphatic carbocycles. The van der Waals surface area contributed by atoms with Crippen molar-refractivity contribution < 1.29 is 23.8 Å². The summed E-state index contributed by atoms with van der Waals surface area (Å²) in [7, 11) is 0. The van der Waals surface area contributed by atoms with Gasteiger partial charge in [0.05, 0.1) is 21.8 Å². The highest BCUT2D eigenvalue weighted by Gasteiger charge is 2.46. The third-order valence-corrected chi connectivity index (χ3v) is 6.98. The number of aliphatic hydroxyl groups is 1. The molecule has 3 heterocycles. The van der Waals surface area contributed by atoms with Crippen molar-refractivity contribution in [1.82, 2.24) is 4.98 Å². The molecule has 1 N–H and O–H groups in total. The lowest BCUT2D eigenvalue weighted by atomic mass is 9.95. The first-order valence-corrected chi connectivity index (χ1v) is 12.2. The predicted octanol–water partition coefficient (Wildman–Crippen LogP) is 6.16. The fourth-order valence-electron chi connectivity index (χ4n) is 4.43. The fourth-order valence-corrected chi connectivity index (χ4v) is 5.60. The molecule has 1 atom stereocenters. The first-order chi connectivity index (χ1) is 17.3. The molecule has 0 fully saturated rings. The number of aromatic nitrogens is 1. The number of hydrogen-bond acceptors (Lipinski definition) is 7. The average molecular weight is 501 g/mol. The molecule has 0 radical (unpaired) electrons. The van der Waals surface area contributed by atoms with Gasteiger partial charge >= 0.3 is 0 Å². The Morgan fingerprint density at radius 3 is 2.75 bits per heavy atom. The normalized spacial score (nSPS) is 15.7. The number of carbonyl (C=O) groups is 2. The van der Waals surface area contributed by atoms with E-state index >= 15 is 0 Å². The van der Waals surface area contributed by atoms with E-state index in [1.165, 1.54) is 22.3 Å². The van der Waals surface area contributed by atoms with Crippen molar-refractivity contribution in [2.75, 3.05) is 11.5 Å². The number of ether oxygens (including phenoxy) is 1. The van der Waals surface area contributed by atoms with E-state index in [2.05, 4.69) is 6.58 Å². The zero-order valence-corrected chi connectivity index (χ0v) is 20.9. The maximum atomic E-state index is 13.6. The second-order valence-corrected chi connectivity index (χ2v) is 9.69. The summed E-state index contributed by atoms with van der Waals surface area (Å²) in [6.07, 6.45) is 1.63. The lowest BCUT2D eigenvalue weighted by Crippen LogP contribution is -2.31. The van der Waals surface area contributed by atoms with Gasteiger partial charge in [0.25, 0.3) is 5.91 Å². The number of anilines is 1. The number of fused-ring (bicyclic) bond motifs is 1. The van der Waals surface area contributed by atoms with Crippen LogP contribution in [0.25, 0.3) is 10.2 Å². The number of aryl methyl sites for hydroxylation is 3. The maximum Gasteiger partial charge on any atom is 0.296 e. The van der Waals surface area contributed by atoms with Gasteiger partial charge in [-0.15, -0.1) is 0 Å². The Morgan fingerprint density at radius 1 is 1.22 bits per heavy atom. The minimum absolute atomic E-state index is 0.0449. The molecular formula is C28H24N2O5S. The van der Waals surface area contributed by atoms with Crippen molar-refractivity contribution in [3.63, 3.8) is 0 Å². The summed E-state index contributed by atoms with van der Waals surface area (Å²) in [6, 6.07) is 13.4. The number of aliphatic hydroxyl groups excluding tert-OH is 1.